The fourth-order valence-corrected chi connectivity index (χ4v) is 2.48. The zero-order valence-corrected chi connectivity index (χ0v) is 12.7. The van der Waals surface area contributed by atoms with Crippen molar-refractivity contribution in [2.24, 2.45) is 0 Å². The van der Waals surface area contributed by atoms with Crippen molar-refractivity contribution in [3.63, 3.8) is 0 Å². The Bertz CT molecular complexity index is 203. The molecule has 0 unspecified atom stereocenters. The summed E-state index contributed by atoms with van der Waals surface area (Å²) in [6.07, 6.45) is 19.0. The number of hydrogen-bond donors (Lipinski definition) is 0. The summed E-state index contributed by atoms with van der Waals surface area (Å²) in [6, 6.07) is 0. The van der Waals surface area contributed by atoms with Crippen LogP contribution in [-0.2, 0) is 9.47 Å². The van der Waals surface area contributed by atoms with E-state index < -0.39 is 0 Å². The summed E-state index contributed by atoms with van der Waals surface area (Å²) in [7, 11) is 0. The predicted octanol–water partition coefficient (Wildman–Crippen LogP) is 5.23. The van der Waals surface area contributed by atoms with E-state index in [9.17, 15) is 0 Å². The van der Waals surface area contributed by atoms with Crippen molar-refractivity contribution in [2.75, 3.05) is 13.2 Å². The lowest BCUT2D eigenvalue weighted by molar-refractivity contribution is -0.126. The summed E-state index contributed by atoms with van der Waals surface area (Å²) in [5.74, 6) is 0. The number of rotatable bonds is 11. The number of unbranched alkanes of at least 4 members (excludes halogenated alkanes) is 9. The smallest absolute Gasteiger partial charge is 0.158 e. The Kier molecular flexibility index (Phi) is 11.2. The van der Waals surface area contributed by atoms with Gasteiger partial charge in [0.25, 0.3) is 0 Å². The van der Waals surface area contributed by atoms with Gasteiger partial charge >= 0.3 is 0 Å². The van der Waals surface area contributed by atoms with Crippen LogP contribution >= 0.6 is 0 Å². The molecule has 0 atom stereocenters. The monoisotopic (exact) mass is 268 g/mol. The third kappa shape index (κ3) is 10.1. The Morgan fingerprint density at radius 2 is 1.21 bits per heavy atom. The van der Waals surface area contributed by atoms with Crippen molar-refractivity contribution in [3.05, 3.63) is 12.2 Å². The maximum atomic E-state index is 5.58. The molecule has 1 aliphatic heterocycles. The molecular formula is C17H32O2. The van der Waals surface area contributed by atoms with Crippen molar-refractivity contribution in [2.45, 2.75) is 83.8 Å². The molecule has 0 saturated heterocycles. The summed E-state index contributed by atoms with van der Waals surface area (Å²) < 4.78 is 11.2. The summed E-state index contributed by atoms with van der Waals surface area (Å²) in [5, 5.41) is 0. The van der Waals surface area contributed by atoms with E-state index in [1.54, 1.807) is 0 Å². The van der Waals surface area contributed by atoms with Crippen LogP contribution in [-0.4, -0.2) is 19.5 Å². The lowest BCUT2D eigenvalue weighted by Gasteiger charge is -2.14. The molecule has 112 valence electrons. The summed E-state index contributed by atoms with van der Waals surface area (Å²) in [6.45, 7) is 3.70. The molecule has 1 rings (SSSR count). The molecule has 0 aromatic rings. The highest BCUT2D eigenvalue weighted by atomic mass is 16.7. The first-order valence-corrected chi connectivity index (χ1v) is 8.31. The van der Waals surface area contributed by atoms with Crippen molar-refractivity contribution >= 4 is 0 Å². The first kappa shape index (κ1) is 16.7. The molecule has 19 heavy (non-hydrogen) atoms. The van der Waals surface area contributed by atoms with Crippen LogP contribution < -0.4 is 0 Å². The number of ether oxygens (including phenoxy) is 2. The SMILES string of the molecule is CCCCCCCCCCCCC1OCC=CCO1. The minimum atomic E-state index is 0.0315. The van der Waals surface area contributed by atoms with Gasteiger partial charge in [-0.1, -0.05) is 76.9 Å². The van der Waals surface area contributed by atoms with E-state index in [-0.39, 0.29) is 6.29 Å². The van der Waals surface area contributed by atoms with Gasteiger partial charge < -0.3 is 9.47 Å². The summed E-state index contributed by atoms with van der Waals surface area (Å²) in [5.41, 5.74) is 0. The molecule has 0 N–H and O–H groups in total. The molecule has 1 aliphatic rings. The van der Waals surface area contributed by atoms with E-state index in [1.165, 1.54) is 64.2 Å². The van der Waals surface area contributed by atoms with Crippen LogP contribution in [0, 0.1) is 0 Å². The van der Waals surface area contributed by atoms with Gasteiger partial charge in [0.1, 0.15) is 0 Å². The highest BCUT2D eigenvalue weighted by Crippen LogP contribution is 2.14. The molecule has 2 nitrogen and oxygen atoms in total. The largest absolute Gasteiger partial charge is 0.349 e. The number of hydrogen-bond acceptors (Lipinski definition) is 2. The Hall–Kier alpha value is -0.340. The van der Waals surface area contributed by atoms with Gasteiger partial charge in [-0.15, -0.1) is 0 Å². The molecule has 0 fully saturated rings. The van der Waals surface area contributed by atoms with Gasteiger partial charge in [0.05, 0.1) is 13.2 Å². The van der Waals surface area contributed by atoms with Crippen molar-refractivity contribution in [3.8, 4) is 0 Å². The molecule has 1 heterocycles. The van der Waals surface area contributed by atoms with Gasteiger partial charge in [0.15, 0.2) is 6.29 Å². The van der Waals surface area contributed by atoms with E-state index in [1.807, 2.05) is 12.2 Å². The topological polar surface area (TPSA) is 18.5 Å². The van der Waals surface area contributed by atoms with Gasteiger partial charge in [-0.25, -0.2) is 0 Å². The maximum absolute atomic E-state index is 5.58. The third-order valence-electron chi connectivity index (χ3n) is 3.72. The second-order valence-corrected chi connectivity index (χ2v) is 5.54. The van der Waals surface area contributed by atoms with Gasteiger partial charge in [-0.3, -0.25) is 0 Å². The van der Waals surface area contributed by atoms with Gasteiger partial charge in [0, 0.05) is 0 Å². The van der Waals surface area contributed by atoms with E-state index >= 15 is 0 Å². The lowest BCUT2D eigenvalue weighted by Crippen LogP contribution is -2.15. The third-order valence-corrected chi connectivity index (χ3v) is 3.72. The normalized spacial score (nSPS) is 16.7. The minimum absolute atomic E-state index is 0.0315. The lowest BCUT2D eigenvalue weighted by atomic mass is 10.1. The quantitative estimate of drug-likeness (QED) is 0.377. The van der Waals surface area contributed by atoms with Crippen LogP contribution in [0.5, 0.6) is 0 Å². The van der Waals surface area contributed by atoms with E-state index in [0.717, 1.165) is 6.42 Å². The van der Waals surface area contributed by atoms with E-state index in [2.05, 4.69) is 6.92 Å². The molecular weight excluding hydrogens is 236 g/mol. The summed E-state index contributed by atoms with van der Waals surface area (Å²) in [4.78, 5) is 0. The second-order valence-electron chi connectivity index (χ2n) is 5.54. The fraction of sp³-hybridized carbons (Fsp3) is 0.882. The molecule has 0 saturated carbocycles. The Labute approximate surface area is 119 Å². The van der Waals surface area contributed by atoms with E-state index in [4.69, 9.17) is 9.47 Å². The molecule has 0 spiro atoms. The van der Waals surface area contributed by atoms with Crippen molar-refractivity contribution in [1.29, 1.82) is 0 Å². The summed E-state index contributed by atoms with van der Waals surface area (Å²) >= 11 is 0. The maximum Gasteiger partial charge on any atom is 0.158 e. The van der Waals surface area contributed by atoms with Crippen LogP contribution in [0.3, 0.4) is 0 Å². The molecule has 0 aliphatic carbocycles. The van der Waals surface area contributed by atoms with Crippen molar-refractivity contribution < 1.29 is 9.47 Å². The first-order valence-electron chi connectivity index (χ1n) is 8.31. The van der Waals surface area contributed by atoms with Crippen LogP contribution in [0.1, 0.15) is 77.6 Å². The minimum Gasteiger partial charge on any atom is -0.349 e. The first-order chi connectivity index (χ1) is 9.43. The average Bonchev–Trinajstić information content (AvgIpc) is 2.69. The standard InChI is InChI=1S/C17H32O2/c1-2-3-4-5-6-7-8-9-10-11-14-17-18-15-12-13-16-19-17/h12-13,17H,2-11,14-16H2,1H3. The fourth-order valence-electron chi connectivity index (χ4n) is 2.48. The van der Waals surface area contributed by atoms with E-state index in [0.29, 0.717) is 13.2 Å². The molecule has 0 aromatic heterocycles. The van der Waals surface area contributed by atoms with Gasteiger partial charge in [-0.2, -0.15) is 0 Å². The molecule has 0 aromatic carbocycles. The average molecular weight is 268 g/mol. The molecule has 0 radical (unpaired) electrons. The van der Waals surface area contributed by atoms with Crippen molar-refractivity contribution in [1.82, 2.24) is 0 Å². The van der Waals surface area contributed by atoms with Crippen LogP contribution in [0.25, 0.3) is 0 Å². The predicted molar refractivity (Wildman–Crippen MR) is 81.3 cm³/mol. The second kappa shape index (κ2) is 12.7. The Morgan fingerprint density at radius 3 is 1.74 bits per heavy atom. The Balaban J connectivity index is 1.78. The molecule has 0 amide bonds. The van der Waals surface area contributed by atoms with Crippen LogP contribution in [0.4, 0.5) is 0 Å². The van der Waals surface area contributed by atoms with Crippen LogP contribution in [0.15, 0.2) is 12.2 Å². The van der Waals surface area contributed by atoms with Gasteiger partial charge in [0.2, 0.25) is 0 Å². The van der Waals surface area contributed by atoms with Crippen LogP contribution in [0.2, 0.25) is 0 Å². The zero-order valence-electron chi connectivity index (χ0n) is 12.7. The van der Waals surface area contributed by atoms with Gasteiger partial charge in [-0.05, 0) is 12.8 Å². The highest BCUT2D eigenvalue weighted by molar-refractivity contribution is 4.83. The molecule has 2 heteroatoms. The molecule has 0 bridgehead atoms. The Morgan fingerprint density at radius 1 is 0.737 bits per heavy atom. The highest BCUT2D eigenvalue weighted by Gasteiger charge is 2.09. The zero-order chi connectivity index (χ0) is 13.6.